The van der Waals surface area contributed by atoms with Gasteiger partial charge >= 0.3 is 0 Å². The molecule has 0 aliphatic rings. The number of nitrogens with one attached hydrogen (secondary N) is 1. The largest absolute Gasteiger partial charge is 0.492 e. The molecule has 120 valence electrons. The van der Waals surface area contributed by atoms with Crippen LogP contribution >= 0.6 is 15.9 Å². The second kappa shape index (κ2) is 11.0. The number of hydrogen-bond donors (Lipinski definition) is 1. The zero-order valence-corrected chi connectivity index (χ0v) is 15.0. The van der Waals surface area contributed by atoms with Crippen LogP contribution in [0.3, 0.4) is 0 Å². The number of rotatable bonds is 11. The highest BCUT2D eigenvalue weighted by Crippen LogP contribution is 2.26. The molecule has 21 heavy (non-hydrogen) atoms. The second-order valence-electron chi connectivity index (χ2n) is 5.57. The Morgan fingerprint density at radius 1 is 1.19 bits per heavy atom. The zero-order chi connectivity index (χ0) is 15.5. The fraction of sp³-hybridized carbons (Fsp3) is 0.647. The Bertz CT molecular complexity index is 396. The van der Waals surface area contributed by atoms with Gasteiger partial charge in [-0.1, -0.05) is 26.8 Å². The first-order chi connectivity index (χ1) is 10.1. The van der Waals surface area contributed by atoms with Gasteiger partial charge in [0.2, 0.25) is 0 Å². The molecule has 0 heterocycles. The number of hydrogen-bond acceptors (Lipinski definition) is 3. The van der Waals surface area contributed by atoms with Gasteiger partial charge in [0.05, 0.1) is 24.3 Å². The third-order valence-electron chi connectivity index (χ3n) is 2.97. The van der Waals surface area contributed by atoms with Crippen LogP contribution in [0.4, 0.5) is 0 Å². The summed E-state index contributed by atoms with van der Waals surface area (Å²) in [6.07, 6.45) is 1.95. The summed E-state index contributed by atoms with van der Waals surface area (Å²) in [6.45, 7) is 10.8. The predicted octanol–water partition coefficient (Wildman–Crippen LogP) is 4.04. The first-order valence-electron chi connectivity index (χ1n) is 7.83. The molecule has 0 fully saturated rings. The van der Waals surface area contributed by atoms with Gasteiger partial charge in [0.1, 0.15) is 5.75 Å². The van der Waals surface area contributed by atoms with Crippen LogP contribution in [-0.2, 0) is 11.2 Å². The Labute approximate surface area is 137 Å². The summed E-state index contributed by atoms with van der Waals surface area (Å²) < 4.78 is 12.3. The Kier molecular flexibility index (Phi) is 9.72. The van der Waals surface area contributed by atoms with E-state index in [9.17, 15) is 0 Å². The van der Waals surface area contributed by atoms with E-state index in [1.54, 1.807) is 0 Å². The Balaban J connectivity index is 2.19. The van der Waals surface area contributed by atoms with Crippen LogP contribution in [-0.4, -0.2) is 32.9 Å². The van der Waals surface area contributed by atoms with Crippen LogP contribution < -0.4 is 10.1 Å². The maximum atomic E-state index is 5.65. The maximum absolute atomic E-state index is 5.65. The van der Waals surface area contributed by atoms with Crippen molar-refractivity contribution >= 4 is 15.9 Å². The number of ether oxygens (including phenoxy) is 2. The van der Waals surface area contributed by atoms with Gasteiger partial charge in [-0.15, -0.1) is 0 Å². The van der Waals surface area contributed by atoms with Crippen molar-refractivity contribution < 1.29 is 9.47 Å². The van der Waals surface area contributed by atoms with E-state index >= 15 is 0 Å². The minimum atomic E-state index is 0.691. The van der Waals surface area contributed by atoms with E-state index in [4.69, 9.17) is 9.47 Å². The SMILES string of the molecule is CCCOc1ccc(CCOCCNCC(C)C)cc1Br. The highest BCUT2D eigenvalue weighted by atomic mass is 79.9. The minimum absolute atomic E-state index is 0.691. The van der Waals surface area contributed by atoms with E-state index in [0.717, 1.165) is 56.0 Å². The zero-order valence-electron chi connectivity index (χ0n) is 13.5. The molecule has 0 aliphatic heterocycles. The number of halogens is 1. The molecular weight excluding hydrogens is 330 g/mol. The van der Waals surface area contributed by atoms with E-state index < -0.39 is 0 Å². The maximum Gasteiger partial charge on any atom is 0.133 e. The Morgan fingerprint density at radius 3 is 2.67 bits per heavy atom. The highest BCUT2D eigenvalue weighted by Gasteiger charge is 2.02. The molecule has 0 saturated heterocycles. The molecule has 0 unspecified atom stereocenters. The van der Waals surface area contributed by atoms with Gasteiger partial charge in [-0.25, -0.2) is 0 Å². The molecule has 0 saturated carbocycles. The fourth-order valence-corrected chi connectivity index (χ4v) is 2.40. The summed E-state index contributed by atoms with van der Waals surface area (Å²) >= 11 is 3.56. The molecule has 0 amide bonds. The smallest absolute Gasteiger partial charge is 0.133 e. The van der Waals surface area contributed by atoms with Gasteiger partial charge in [-0.05, 0) is 58.9 Å². The second-order valence-corrected chi connectivity index (χ2v) is 6.43. The minimum Gasteiger partial charge on any atom is -0.492 e. The molecule has 1 N–H and O–H groups in total. The molecule has 0 radical (unpaired) electrons. The van der Waals surface area contributed by atoms with Crippen molar-refractivity contribution in [1.29, 1.82) is 0 Å². The number of benzene rings is 1. The van der Waals surface area contributed by atoms with E-state index in [0.29, 0.717) is 5.92 Å². The average molecular weight is 358 g/mol. The third kappa shape index (κ3) is 8.44. The third-order valence-corrected chi connectivity index (χ3v) is 3.59. The quantitative estimate of drug-likeness (QED) is 0.606. The lowest BCUT2D eigenvalue weighted by Crippen LogP contribution is -2.24. The lowest BCUT2D eigenvalue weighted by Gasteiger charge is -2.10. The van der Waals surface area contributed by atoms with E-state index in [1.807, 2.05) is 6.07 Å². The van der Waals surface area contributed by atoms with Crippen molar-refractivity contribution in [3.8, 4) is 5.75 Å². The van der Waals surface area contributed by atoms with E-state index in [2.05, 4.69) is 54.2 Å². The molecule has 0 aliphatic carbocycles. The molecule has 4 heteroatoms. The van der Waals surface area contributed by atoms with Gasteiger partial charge in [0.15, 0.2) is 0 Å². The molecule has 0 aromatic heterocycles. The van der Waals surface area contributed by atoms with Crippen LogP contribution in [0, 0.1) is 5.92 Å². The van der Waals surface area contributed by atoms with Crippen molar-refractivity contribution in [1.82, 2.24) is 5.32 Å². The van der Waals surface area contributed by atoms with Crippen LogP contribution in [0.25, 0.3) is 0 Å². The molecule has 0 spiro atoms. The summed E-state index contributed by atoms with van der Waals surface area (Å²) in [7, 11) is 0. The summed E-state index contributed by atoms with van der Waals surface area (Å²) in [5, 5.41) is 3.37. The Morgan fingerprint density at radius 2 is 2.00 bits per heavy atom. The van der Waals surface area contributed by atoms with E-state index in [1.165, 1.54) is 5.56 Å². The van der Waals surface area contributed by atoms with Gasteiger partial charge < -0.3 is 14.8 Å². The van der Waals surface area contributed by atoms with Crippen LogP contribution in [0.5, 0.6) is 5.75 Å². The molecule has 3 nitrogen and oxygen atoms in total. The summed E-state index contributed by atoms with van der Waals surface area (Å²) in [6, 6.07) is 6.25. The van der Waals surface area contributed by atoms with Crippen LogP contribution in [0.1, 0.15) is 32.8 Å². The van der Waals surface area contributed by atoms with Crippen LogP contribution in [0.15, 0.2) is 22.7 Å². The van der Waals surface area contributed by atoms with Gasteiger partial charge in [-0.3, -0.25) is 0 Å². The van der Waals surface area contributed by atoms with Crippen molar-refractivity contribution in [2.24, 2.45) is 5.92 Å². The predicted molar refractivity (Wildman–Crippen MR) is 92.2 cm³/mol. The van der Waals surface area contributed by atoms with Crippen LogP contribution in [0.2, 0.25) is 0 Å². The van der Waals surface area contributed by atoms with Crippen molar-refractivity contribution in [3.63, 3.8) is 0 Å². The molecule has 0 atom stereocenters. The van der Waals surface area contributed by atoms with Crippen molar-refractivity contribution in [2.45, 2.75) is 33.6 Å². The Hall–Kier alpha value is -0.580. The topological polar surface area (TPSA) is 30.5 Å². The molecule has 1 aromatic carbocycles. The first-order valence-corrected chi connectivity index (χ1v) is 8.62. The lowest BCUT2D eigenvalue weighted by atomic mass is 10.1. The monoisotopic (exact) mass is 357 g/mol. The summed E-state index contributed by atoms with van der Waals surface area (Å²) in [5.41, 5.74) is 1.26. The van der Waals surface area contributed by atoms with Gasteiger partial charge in [-0.2, -0.15) is 0 Å². The standard InChI is InChI=1S/C17H28BrNO2/c1-4-9-21-17-6-5-15(12-16(17)18)7-10-20-11-8-19-13-14(2)3/h5-6,12,14,19H,4,7-11,13H2,1-3H3. The van der Waals surface area contributed by atoms with Crippen molar-refractivity contribution in [2.75, 3.05) is 32.9 Å². The molecule has 1 aromatic rings. The fourth-order valence-electron chi connectivity index (χ4n) is 1.86. The average Bonchev–Trinajstić information content (AvgIpc) is 2.45. The first kappa shape index (κ1) is 18.5. The van der Waals surface area contributed by atoms with E-state index in [-0.39, 0.29) is 0 Å². The van der Waals surface area contributed by atoms with Crippen molar-refractivity contribution in [3.05, 3.63) is 28.2 Å². The normalized spacial score (nSPS) is 11.1. The summed E-state index contributed by atoms with van der Waals surface area (Å²) in [5.74, 6) is 1.61. The molecular formula is C17H28BrNO2. The summed E-state index contributed by atoms with van der Waals surface area (Å²) in [4.78, 5) is 0. The molecule has 1 rings (SSSR count). The van der Waals surface area contributed by atoms with Gasteiger partial charge in [0.25, 0.3) is 0 Å². The lowest BCUT2D eigenvalue weighted by molar-refractivity contribution is 0.138. The molecule has 0 bridgehead atoms. The van der Waals surface area contributed by atoms with Gasteiger partial charge in [0, 0.05) is 6.54 Å². The highest BCUT2D eigenvalue weighted by molar-refractivity contribution is 9.10.